The third kappa shape index (κ3) is 8.70. The normalized spacial score (nSPS) is 12.3. The van der Waals surface area contributed by atoms with E-state index in [2.05, 4.69) is 51.4 Å². The van der Waals surface area contributed by atoms with Crippen LogP contribution in [0.2, 0.25) is 0 Å². The van der Waals surface area contributed by atoms with E-state index in [9.17, 15) is 18.3 Å². The first-order chi connectivity index (χ1) is 19.7. The molecule has 1 aromatic heterocycles. The summed E-state index contributed by atoms with van der Waals surface area (Å²) in [6.45, 7) is 13.4. The van der Waals surface area contributed by atoms with E-state index in [-0.39, 0.29) is 27.2 Å². The third-order valence-corrected chi connectivity index (χ3v) is 8.79. The molecule has 0 fully saturated rings. The highest BCUT2D eigenvalue weighted by Crippen LogP contribution is 2.39. The van der Waals surface area contributed by atoms with E-state index in [1.54, 1.807) is 36.4 Å². The molecule has 0 bridgehead atoms. The fourth-order valence-corrected chi connectivity index (χ4v) is 6.81. The van der Waals surface area contributed by atoms with Crippen LogP contribution in [0.15, 0.2) is 52.2 Å². The van der Waals surface area contributed by atoms with Crippen LogP contribution in [0.1, 0.15) is 97.6 Å². The molecule has 0 aliphatic carbocycles. The van der Waals surface area contributed by atoms with Crippen LogP contribution in [0.4, 0.5) is 5.69 Å². The Bertz CT molecular complexity index is 1510. The van der Waals surface area contributed by atoms with E-state index in [1.807, 2.05) is 6.07 Å². The van der Waals surface area contributed by atoms with Gasteiger partial charge in [0.2, 0.25) is 5.88 Å². The van der Waals surface area contributed by atoms with Crippen LogP contribution < -0.4 is 15.0 Å². The number of aromatic hydroxyl groups is 1. The molecule has 3 N–H and O–H groups in total. The predicted octanol–water partition coefficient (Wildman–Crippen LogP) is 7.47. The number of benzene rings is 2. The Morgan fingerprint density at radius 2 is 1.64 bits per heavy atom. The van der Waals surface area contributed by atoms with Gasteiger partial charge >= 0.3 is 0 Å². The number of nitrogens with one attached hydrogen (secondary N) is 2. The molecule has 230 valence electrons. The molecule has 2 aromatic carbocycles. The van der Waals surface area contributed by atoms with Gasteiger partial charge in [0.25, 0.3) is 15.6 Å². The second kappa shape index (κ2) is 13.9. The van der Waals surface area contributed by atoms with Gasteiger partial charge in [-0.3, -0.25) is 14.6 Å². The molecule has 3 rings (SSSR count). The second-order valence-corrected chi connectivity index (χ2v) is 14.6. The van der Waals surface area contributed by atoms with Crippen molar-refractivity contribution in [1.29, 1.82) is 0 Å². The first kappa shape index (κ1) is 33.4. The third-order valence-electron chi connectivity index (χ3n) is 7.15. The van der Waals surface area contributed by atoms with Gasteiger partial charge in [-0.1, -0.05) is 91.9 Å². The maximum Gasteiger partial charge on any atom is 0.276 e. The van der Waals surface area contributed by atoms with E-state index in [0.717, 1.165) is 36.6 Å². The summed E-state index contributed by atoms with van der Waals surface area (Å²) in [6, 6.07) is 11.8. The van der Waals surface area contributed by atoms with Crippen molar-refractivity contribution < 1.29 is 18.3 Å². The standard InChI is InChI=1S/C32H45N3O5S2/c1-7-8-9-10-11-12-19-40-27-18-13-23(32(5,6)22-31(2,3)4)20-28(27)42(38,39)34-24-14-16-25(17-15-24)35-30(37)26(21-41)29(36)33-35/h13-18,20-21,34,37H,7-12,19,22H2,1-6H3,(H,33,36). The Balaban J connectivity index is 1.89. The molecule has 1 heterocycles. The Labute approximate surface area is 255 Å². The van der Waals surface area contributed by atoms with Gasteiger partial charge in [-0.05, 0) is 65.6 Å². The average Bonchev–Trinajstić information content (AvgIpc) is 3.19. The van der Waals surface area contributed by atoms with Gasteiger partial charge in [-0.15, -0.1) is 0 Å². The van der Waals surface area contributed by atoms with Crippen LogP contribution in [-0.2, 0) is 15.4 Å². The van der Waals surface area contributed by atoms with E-state index in [0.29, 0.717) is 23.7 Å². The zero-order valence-electron chi connectivity index (χ0n) is 25.6. The number of hydrogen-bond donors (Lipinski definition) is 3. The van der Waals surface area contributed by atoms with Crippen molar-refractivity contribution in [3.8, 4) is 17.3 Å². The summed E-state index contributed by atoms with van der Waals surface area (Å²) >= 11 is 4.80. The van der Waals surface area contributed by atoms with Gasteiger partial charge in [0.1, 0.15) is 16.2 Å². The molecule has 10 heteroatoms. The molecular weight excluding hydrogens is 571 g/mol. The number of thiocarbonyl (C=S) groups is 1. The minimum absolute atomic E-state index is 0.0162. The van der Waals surface area contributed by atoms with Crippen molar-refractivity contribution in [2.75, 3.05) is 11.3 Å². The summed E-state index contributed by atoms with van der Waals surface area (Å²) < 4.78 is 37.5. The Morgan fingerprint density at radius 1 is 1.00 bits per heavy atom. The molecule has 0 saturated carbocycles. The minimum Gasteiger partial charge on any atom is -0.493 e. The van der Waals surface area contributed by atoms with Crippen LogP contribution in [-0.4, -0.2) is 35.3 Å². The van der Waals surface area contributed by atoms with E-state index in [4.69, 9.17) is 17.0 Å². The van der Waals surface area contributed by atoms with Crippen molar-refractivity contribution in [3.63, 3.8) is 0 Å². The minimum atomic E-state index is -4.03. The number of unbranched alkanes of at least 4 members (excludes halogenated alkanes) is 5. The lowest BCUT2D eigenvalue weighted by atomic mass is 9.72. The van der Waals surface area contributed by atoms with Crippen molar-refractivity contribution in [3.05, 3.63) is 63.9 Å². The molecule has 0 aliphatic heterocycles. The summed E-state index contributed by atoms with van der Waals surface area (Å²) in [5, 5.41) is 13.9. The predicted molar refractivity (Wildman–Crippen MR) is 174 cm³/mol. The largest absolute Gasteiger partial charge is 0.493 e. The monoisotopic (exact) mass is 615 g/mol. The van der Waals surface area contributed by atoms with Crippen molar-refractivity contribution in [1.82, 2.24) is 9.78 Å². The molecule has 8 nitrogen and oxygen atoms in total. The number of aromatic amines is 1. The smallest absolute Gasteiger partial charge is 0.276 e. The Morgan fingerprint density at radius 3 is 2.24 bits per heavy atom. The molecule has 0 atom stereocenters. The van der Waals surface area contributed by atoms with E-state index >= 15 is 0 Å². The van der Waals surface area contributed by atoms with Crippen LogP contribution in [0, 0.1) is 5.41 Å². The SMILES string of the molecule is CCCCCCCCOc1ccc(C(C)(C)CC(C)(C)C)cc1S(=O)(=O)Nc1ccc(-n2[nH]c(=O)c(C=S)c2O)cc1. The van der Waals surface area contributed by atoms with Gasteiger partial charge in [0.05, 0.1) is 12.3 Å². The molecule has 3 aromatic rings. The van der Waals surface area contributed by atoms with Crippen molar-refractivity contribution >= 4 is 33.3 Å². The second-order valence-electron chi connectivity index (χ2n) is 12.7. The topological polar surface area (TPSA) is 113 Å². The van der Waals surface area contributed by atoms with Gasteiger partial charge in [0.15, 0.2) is 0 Å². The van der Waals surface area contributed by atoms with Gasteiger partial charge in [-0.25, -0.2) is 13.1 Å². The van der Waals surface area contributed by atoms with Crippen LogP contribution in [0.25, 0.3) is 5.69 Å². The number of aromatic nitrogens is 2. The highest BCUT2D eigenvalue weighted by molar-refractivity contribution is 7.92. The summed E-state index contributed by atoms with van der Waals surface area (Å²) in [6.07, 6.45) is 7.51. The maximum absolute atomic E-state index is 13.8. The summed E-state index contributed by atoms with van der Waals surface area (Å²) in [4.78, 5) is 12.1. The molecule has 0 amide bonds. The summed E-state index contributed by atoms with van der Waals surface area (Å²) in [5.74, 6) is 0.00990. The Hall–Kier alpha value is -3.11. The fourth-order valence-electron chi connectivity index (χ4n) is 5.37. The Kier molecular flexibility index (Phi) is 11.1. The molecule has 0 radical (unpaired) electrons. The van der Waals surface area contributed by atoms with Crippen LogP contribution in [0.3, 0.4) is 0 Å². The molecule has 0 aliphatic rings. The number of rotatable bonds is 15. The average molecular weight is 616 g/mol. The lowest BCUT2D eigenvalue weighted by molar-refractivity contribution is 0.281. The molecule has 0 saturated heterocycles. The quantitative estimate of drug-likeness (QED) is 0.121. The number of hydrogen-bond acceptors (Lipinski definition) is 6. The number of sulfonamides is 1. The highest BCUT2D eigenvalue weighted by Gasteiger charge is 2.30. The lowest BCUT2D eigenvalue weighted by Crippen LogP contribution is -2.25. The number of nitrogens with zero attached hydrogens (tertiary/aromatic N) is 1. The summed E-state index contributed by atoms with van der Waals surface area (Å²) in [7, 11) is -4.03. The summed E-state index contributed by atoms with van der Waals surface area (Å²) in [5.41, 5.74) is 0.930. The molecule has 0 spiro atoms. The van der Waals surface area contributed by atoms with Crippen molar-refractivity contribution in [2.45, 2.75) is 96.8 Å². The van der Waals surface area contributed by atoms with Gasteiger partial charge < -0.3 is 9.84 Å². The number of H-pyrrole nitrogens is 1. The van der Waals surface area contributed by atoms with Crippen LogP contribution >= 0.6 is 12.2 Å². The number of ether oxygens (including phenoxy) is 1. The van der Waals surface area contributed by atoms with Gasteiger partial charge in [-0.2, -0.15) is 0 Å². The van der Waals surface area contributed by atoms with Gasteiger partial charge in [0, 0.05) is 11.1 Å². The zero-order chi connectivity index (χ0) is 31.1. The highest BCUT2D eigenvalue weighted by atomic mass is 32.2. The molecule has 42 heavy (non-hydrogen) atoms. The van der Waals surface area contributed by atoms with E-state index < -0.39 is 15.6 Å². The van der Waals surface area contributed by atoms with E-state index in [1.165, 1.54) is 23.9 Å². The maximum atomic E-state index is 13.8. The molecule has 0 unspecified atom stereocenters. The number of anilines is 1. The lowest BCUT2D eigenvalue weighted by Gasteiger charge is -2.33. The molecular formula is C32H45N3O5S2. The first-order valence-corrected chi connectivity index (χ1v) is 16.5. The fraction of sp³-hybridized carbons (Fsp3) is 0.500. The van der Waals surface area contributed by atoms with Crippen molar-refractivity contribution in [2.24, 2.45) is 5.41 Å². The zero-order valence-corrected chi connectivity index (χ0v) is 27.3. The first-order valence-electron chi connectivity index (χ1n) is 14.6. The van der Waals surface area contributed by atoms with Crippen LogP contribution in [0.5, 0.6) is 11.6 Å².